The monoisotopic (exact) mass is 365 g/mol. The minimum absolute atomic E-state index is 0.113. The van der Waals surface area contributed by atoms with Gasteiger partial charge in [0.1, 0.15) is 5.54 Å². The van der Waals surface area contributed by atoms with Crippen molar-refractivity contribution in [3.05, 3.63) is 30.3 Å². The number of hydrogen-bond acceptors (Lipinski definition) is 3. The SMILES string of the molecule is CN(C)C(=O)C1(Nc2ccccc2)CCCN(C(=O)C2CC(F)(F)C2)C1. The second kappa shape index (κ2) is 6.85. The number of carbonyl (C=O) groups excluding carboxylic acids is 2. The molecule has 1 saturated heterocycles. The number of alkyl halides is 2. The van der Waals surface area contributed by atoms with Crippen molar-refractivity contribution in [2.24, 2.45) is 5.92 Å². The zero-order valence-electron chi connectivity index (χ0n) is 15.2. The van der Waals surface area contributed by atoms with Crippen LogP contribution in [0.15, 0.2) is 30.3 Å². The van der Waals surface area contributed by atoms with Crippen LogP contribution in [0.25, 0.3) is 0 Å². The molecule has 1 aliphatic heterocycles. The maximum Gasteiger partial charge on any atom is 0.249 e. The smallest absolute Gasteiger partial charge is 0.249 e. The van der Waals surface area contributed by atoms with Crippen molar-refractivity contribution >= 4 is 17.5 Å². The Bertz CT molecular complexity index is 673. The highest BCUT2D eigenvalue weighted by Gasteiger charge is 2.52. The highest BCUT2D eigenvalue weighted by atomic mass is 19.3. The molecule has 1 unspecified atom stereocenters. The molecule has 2 aliphatic rings. The summed E-state index contributed by atoms with van der Waals surface area (Å²) in [6.07, 6.45) is 0.462. The van der Waals surface area contributed by atoms with E-state index in [0.29, 0.717) is 19.4 Å². The number of nitrogens with zero attached hydrogens (tertiary/aromatic N) is 2. The molecule has 142 valence electrons. The van der Waals surface area contributed by atoms with Crippen molar-refractivity contribution in [1.29, 1.82) is 0 Å². The van der Waals surface area contributed by atoms with E-state index in [1.165, 1.54) is 4.90 Å². The minimum atomic E-state index is -2.73. The third-order valence-electron chi connectivity index (χ3n) is 5.22. The Labute approximate surface area is 152 Å². The number of para-hydroxylation sites is 1. The molecule has 1 heterocycles. The van der Waals surface area contributed by atoms with Gasteiger partial charge in [0.05, 0.1) is 6.54 Å². The van der Waals surface area contributed by atoms with Crippen LogP contribution in [0.2, 0.25) is 0 Å². The summed E-state index contributed by atoms with van der Waals surface area (Å²) in [5.41, 5.74) is -0.141. The Morgan fingerprint density at radius 1 is 1.19 bits per heavy atom. The van der Waals surface area contributed by atoms with Crippen LogP contribution >= 0.6 is 0 Å². The first-order chi connectivity index (χ1) is 12.2. The van der Waals surface area contributed by atoms with Gasteiger partial charge in [-0.2, -0.15) is 0 Å². The molecular formula is C19H25F2N3O2. The molecule has 5 nitrogen and oxygen atoms in total. The summed E-state index contributed by atoms with van der Waals surface area (Å²) in [6.45, 7) is 0.694. The summed E-state index contributed by atoms with van der Waals surface area (Å²) >= 11 is 0. The predicted molar refractivity (Wildman–Crippen MR) is 95.0 cm³/mol. The van der Waals surface area contributed by atoms with Crippen molar-refractivity contribution in [2.45, 2.75) is 37.1 Å². The largest absolute Gasteiger partial charge is 0.370 e. The molecule has 1 aromatic rings. The number of likely N-dealkylation sites (N-methyl/N-ethyl adjacent to an activating group) is 1. The van der Waals surface area contributed by atoms with Crippen LogP contribution in [0.5, 0.6) is 0 Å². The summed E-state index contributed by atoms with van der Waals surface area (Å²) in [4.78, 5) is 28.7. The van der Waals surface area contributed by atoms with Gasteiger partial charge in [0, 0.05) is 45.1 Å². The molecule has 1 saturated carbocycles. The molecule has 1 aromatic carbocycles. The molecule has 0 aromatic heterocycles. The molecule has 2 amide bonds. The van der Waals surface area contributed by atoms with Gasteiger partial charge in [0.25, 0.3) is 0 Å². The molecule has 0 radical (unpaired) electrons. The lowest BCUT2D eigenvalue weighted by Crippen LogP contribution is -2.63. The molecule has 3 rings (SSSR count). The quantitative estimate of drug-likeness (QED) is 0.892. The maximum atomic E-state index is 13.1. The zero-order valence-corrected chi connectivity index (χ0v) is 15.2. The van der Waals surface area contributed by atoms with Crippen LogP contribution in [-0.2, 0) is 9.59 Å². The highest BCUT2D eigenvalue weighted by molar-refractivity contribution is 5.91. The predicted octanol–water partition coefficient (Wildman–Crippen LogP) is 2.59. The van der Waals surface area contributed by atoms with E-state index in [0.717, 1.165) is 5.69 Å². The molecule has 7 heteroatoms. The number of benzene rings is 1. The summed E-state index contributed by atoms with van der Waals surface area (Å²) < 4.78 is 26.3. The molecular weight excluding hydrogens is 340 g/mol. The van der Waals surface area contributed by atoms with Gasteiger partial charge in [0.15, 0.2) is 0 Å². The number of rotatable bonds is 4. The van der Waals surface area contributed by atoms with Crippen molar-refractivity contribution in [2.75, 3.05) is 32.5 Å². The Morgan fingerprint density at radius 2 is 1.85 bits per heavy atom. The van der Waals surface area contributed by atoms with Crippen molar-refractivity contribution in [3.63, 3.8) is 0 Å². The lowest BCUT2D eigenvalue weighted by atomic mass is 9.79. The van der Waals surface area contributed by atoms with Crippen LogP contribution in [0, 0.1) is 5.92 Å². The second-order valence-corrected chi connectivity index (χ2v) is 7.60. The second-order valence-electron chi connectivity index (χ2n) is 7.60. The molecule has 1 atom stereocenters. The topological polar surface area (TPSA) is 52.7 Å². The molecule has 2 fully saturated rings. The number of anilines is 1. The van der Waals surface area contributed by atoms with Crippen LogP contribution in [0.3, 0.4) is 0 Å². The standard InChI is InChI=1S/C19H25F2N3O2/c1-23(2)17(26)18(22-15-7-4-3-5-8-15)9-6-10-24(13-18)16(25)14-11-19(20,21)12-14/h3-5,7-8,14,22H,6,9-13H2,1-2H3. The lowest BCUT2D eigenvalue weighted by molar-refractivity contribution is -0.162. The molecule has 0 spiro atoms. The lowest BCUT2D eigenvalue weighted by Gasteiger charge is -2.46. The first-order valence-corrected chi connectivity index (χ1v) is 8.94. The number of nitrogens with one attached hydrogen (secondary N) is 1. The number of hydrogen-bond donors (Lipinski definition) is 1. The fourth-order valence-corrected chi connectivity index (χ4v) is 3.89. The van der Waals surface area contributed by atoms with Gasteiger partial charge in [-0.1, -0.05) is 18.2 Å². The van der Waals surface area contributed by atoms with Crippen LogP contribution in [-0.4, -0.2) is 60.3 Å². The van der Waals surface area contributed by atoms with E-state index < -0.39 is 17.4 Å². The summed E-state index contributed by atoms with van der Waals surface area (Å²) in [5.74, 6) is -3.74. The number of likely N-dealkylation sites (tertiary alicyclic amines) is 1. The van der Waals surface area contributed by atoms with Gasteiger partial charge in [0.2, 0.25) is 17.7 Å². The average molecular weight is 365 g/mol. The number of carbonyl (C=O) groups is 2. The van der Waals surface area contributed by atoms with E-state index in [-0.39, 0.29) is 31.2 Å². The van der Waals surface area contributed by atoms with Crippen LogP contribution in [0.1, 0.15) is 25.7 Å². The van der Waals surface area contributed by atoms with E-state index >= 15 is 0 Å². The van der Waals surface area contributed by atoms with E-state index in [9.17, 15) is 18.4 Å². The summed E-state index contributed by atoms with van der Waals surface area (Å²) in [7, 11) is 3.37. The van der Waals surface area contributed by atoms with E-state index in [2.05, 4.69) is 5.32 Å². The van der Waals surface area contributed by atoms with Crippen molar-refractivity contribution in [1.82, 2.24) is 9.80 Å². The molecule has 1 N–H and O–H groups in total. The van der Waals surface area contributed by atoms with Crippen LogP contribution < -0.4 is 5.32 Å². The fraction of sp³-hybridized carbons (Fsp3) is 0.579. The average Bonchev–Trinajstić information content (AvgIpc) is 2.59. The van der Waals surface area contributed by atoms with E-state index in [1.807, 2.05) is 30.3 Å². The van der Waals surface area contributed by atoms with Crippen LogP contribution in [0.4, 0.5) is 14.5 Å². The van der Waals surface area contributed by atoms with Gasteiger partial charge in [-0.05, 0) is 25.0 Å². The third kappa shape index (κ3) is 3.66. The fourth-order valence-electron chi connectivity index (χ4n) is 3.89. The normalized spacial score (nSPS) is 25.3. The first-order valence-electron chi connectivity index (χ1n) is 8.94. The Kier molecular flexibility index (Phi) is 4.90. The van der Waals surface area contributed by atoms with Gasteiger partial charge >= 0.3 is 0 Å². The zero-order chi connectivity index (χ0) is 18.9. The van der Waals surface area contributed by atoms with Crippen molar-refractivity contribution in [3.8, 4) is 0 Å². The first kappa shape index (κ1) is 18.6. The minimum Gasteiger partial charge on any atom is -0.370 e. The number of piperidine rings is 1. The van der Waals surface area contributed by atoms with Gasteiger partial charge in [-0.15, -0.1) is 0 Å². The highest BCUT2D eigenvalue weighted by Crippen LogP contribution is 2.43. The Morgan fingerprint density at radius 3 is 2.42 bits per heavy atom. The Hall–Kier alpha value is -2.18. The molecule has 0 bridgehead atoms. The maximum absolute atomic E-state index is 13.1. The molecule has 26 heavy (non-hydrogen) atoms. The summed E-state index contributed by atoms with van der Waals surface area (Å²) in [6, 6.07) is 9.38. The summed E-state index contributed by atoms with van der Waals surface area (Å²) in [5, 5.41) is 3.32. The van der Waals surface area contributed by atoms with Gasteiger partial charge in [-0.25, -0.2) is 8.78 Å². The molecule has 1 aliphatic carbocycles. The van der Waals surface area contributed by atoms with E-state index in [4.69, 9.17) is 0 Å². The third-order valence-corrected chi connectivity index (χ3v) is 5.22. The van der Waals surface area contributed by atoms with Crippen molar-refractivity contribution < 1.29 is 18.4 Å². The Balaban J connectivity index is 1.80. The van der Waals surface area contributed by atoms with Gasteiger partial charge < -0.3 is 15.1 Å². The number of amides is 2. The van der Waals surface area contributed by atoms with Gasteiger partial charge in [-0.3, -0.25) is 9.59 Å². The van der Waals surface area contributed by atoms with E-state index in [1.54, 1.807) is 19.0 Å². The number of halogens is 2.